The monoisotopic (exact) mass is 291 g/mol. The maximum atomic E-state index is 5.69. The van der Waals surface area contributed by atoms with Gasteiger partial charge in [-0.2, -0.15) is 0 Å². The number of nitrogens with zero attached hydrogens (tertiary/aromatic N) is 2. The molecular formula is C17H29N3O. The number of aromatic nitrogens is 2. The zero-order valence-electron chi connectivity index (χ0n) is 13.5. The quantitative estimate of drug-likeness (QED) is 0.905. The van der Waals surface area contributed by atoms with Crippen molar-refractivity contribution in [3.63, 3.8) is 0 Å². The van der Waals surface area contributed by atoms with E-state index in [1.165, 1.54) is 49.3 Å². The molecule has 1 atom stereocenters. The Bertz CT molecular complexity index is 463. The normalized spacial score (nSPS) is 21.2. The summed E-state index contributed by atoms with van der Waals surface area (Å²) in [5.41, 5.74) is 2.74. The van der Waals surface area contributed by atoms with E-state index in [0.29, 0.717) is 12.0 Å². The van der Waals surface area contributed by atoms with Crippen LogP contribution in [0.25, 0.3) is 0 Å². The molecule has 0 bridgehead atoms. The van der Waals surface area contributed by atoms with E-state index >= 15 is 0 Å². The third kappa shape index (κ3) is 3.16. The van der Waals surface area contributed by atoms with E-state index in [2.05, 4.69) is 23.7 Å². The van der Waals surface area contributed by atoms with Crippen LogP contribution in [-0.4, -0.2) is 29.3 Å². The van der Waals surface area contributed by atoms with Gasteiger partial charge in [-0.1, -0.05) is 19.3 Å². The molecule has 1 N–H and O–H groups in total. The summed E-state index contributed by atoms with van der Waals surface area (Å²) in [5.74, 6) is 2.00. The van der Waals surface area contributed by atoms with Crippen LogP contribution in [0.1, 0.15) is 75.1 Å². The van der Waals surface area contributed by atoms with Gasteiger partial charge >= 0.3 is 0 Å². The first-order valence-corrected chi connectivity index (χ1v) is 8.69. The second-order valence-electron chi connectivity index (χ2n) is 6.50. The van der Waals surface area contributed by atoms with E-state index < -0.39 is 0 Å². The molecule has 0 aromatic carbocycles. The Morgan fingerprint density at radius 3 is 2.90 bits per heavy atom. The summed E-state index contributed by atoms with van der Waals surface area (Å²) in [4.78, 5) is 5.05. The number of nitrogens with one attached hydrogen (secondary N) is 1. The van der Waals surface area contributed by atoms with Crippen molar-refractivity contribution in [1.29, 1.82) is 0 Å². The molecule has 118 valence electrons. The number of imidazole rings is 1. The van der Waals surface area contributed by atoms with Crippen molar-refractivity contribution < 1.29 is 4.74 Å². The molecule has 0 saturated heterocycles. The van der Waals surface area contributed by atoms with E-state index in [1.54, 1.807) is 0 Å². The average Bonchev–Trinajstić information content (AvgIpc) is 2.93. The predicted octanol–water partition coefficient (Wildman–Crippen LogP) is 3.17. The summed E-state index contributed by atoms with van der Waals surface area (Å²) in [7, 11) is 0. The minimum atomic E-state index is 0.399. The van der Waals surface area contributed by atoms with E-state index in [4.69, 9.17) is 9.72 Å². The molecule has 2 heterocycles. The van der Waals surface area contributed by atoms with Crippen LogP contribution >= 0.6 is 0 Å². The van der Waals surface area contributed by atoms with Crippen molar-refractivity contribution in [2.24, 2.45) is 0 Å². The van der Waals surface area contributed by atoms with Gasteiger partial charge in [0.1, 0.15) is 5.82 Å². The van der Waals surface area contributed by atoms with Gasteiger partial charge in [0.15, 0.2) is 0 Å². The standard InChI is InChI=1S/C17H29N3O/c1-3-21-12-13(2)20-16-9-10-18-11-15(16)19-17(20)14-7-5-4-6-8-14/h13-14,18H,3-12H2,1-2H3. The Morgan fingerprint density at radius 2 is 2.14 bits per heavy atom. The fraction of sp³-hybridized carbons (Fsp3) is 0.824. The lowest BCUT2D eigenvalue weighted by molar-refractivity contribution is 0.116. The van der Waals surface area contributed by atoms with Crippen LogP contribution in [0.2, 0.25) is 0 Å². The molecule has 1 aromatic heterocycles. The predicted molar refractivity (Wildman–Crippen MR) is 84.7 cm³/mol. The van der Waals surface area contributed by atoms with Crippen molar-refractivity contribution in [1.82, 2.24) is 14.9 Å². The molecule has 1 aromatic rings. The number of fused-ring (bicyclic) bond motifs is 1. The van der Waals surface area contributed by atoms with E-state index in [1.807, 2.05) is 0 Å². The lowest BCUT2D eigenvalue weighted by Gasteiger charge is -2.26. The van der Waals surface area contributed by atoms with Crippen molar-refractivity contribution in [2.75, 3.05) is 19.8 Å². The van der Waals surface area contributed by atoms with Crippen molar-refractivity contribution in [3.05, 3.63) is 17.2 Å². The maximum absolute atomic E-state index is 5.69. The minimum absolute atomic E-state index is 0.399. The van der Waals surface area contributed by atoms with Gasteiger partial charge in [-0.05, 0) is 26.7 Å². The van der Waals surface area contributed by atoms with Crippen LogP contribution < -0.4 is 5.32 Å². The second-order valence-corrected chi connectivity index (χ2v) is 6.50. The van der Waals surface area contributed by atoms with Gasteiger partial charge in [0.05, 0.1) is 18.3 Å². The molecule has 0 spiro atoms. The average molecular weight is 291 g/mol. The van der Waals surface area contributed by atoms with Crippen molar-refractivity contribution in [3.8, 4) is 0 Å². The lowest BCUT2D eigenvalue weighted by Crippen LogP contribution is -2.27. The Kier molecular flexibility index (Phi) is 4.96. The van der Waals surface area contributed by atoms with Crippen molar-refractivity contribution in [2.45, 2.75) is 70.9 Å². The number of ether oxygens (including phenoxy) is 1. The molecule has 0 amide bonds. The van der Waals surface area contributed by atoms with Crippen LogP contribution in [0.15, 0.2) is 0 Å². The molecule has 3 rings (SSSR count). The number of rotatable bonds is 5. The first-order valence-electron chi connectivity index (χ1n) is 8.69. The third-order valence-electron chi connectivity index (χ3n) is 4.93. The molecular weight excluding hydrogens is 262 g/mol. The largest absolute Gasteiger partial charge is 0.380 e. The molecule has 1 unspecified atom stereocenters. The number of hydrogen-bond acceptors (Lipinski definition) is 3. The molecule has 4 nitrogen and oxygen atoms in total. The molecule has 1 aliphatic carbocycles. The summed E-state index contributed by atoms with van der Waals surface area (Å²) in [6, 6.07) is 0.399. The minimum Gasteiger partial charge on any atom is -0.380 e. The Balaban J connectivity index is 1.91. The van der Waals surface area contributed by atoms with Gasteiger partial charge in [-0.25, -0.2) is 4.98 Å². The van der Waals surface area contributed by atoms with Gasteiger partial charge < -0.3 is 14.6 Å². The number of hydrogen-bond donors (Lipinski definition) is 1. The van der Waals surface area contributed by atoms with Gasteiger partial charge in [-0.3, -0.25) is 0 Å². The molecule has 4 heteroatoms. The highest BCUT2D eigenvalue weighted by Gasteiger charge is 2.28. The lowest BCUT2D eigenvalue weighted by atomic mass is 9.88. The van der Waals surface area contributed by atoms with Crippen LogP contribution in [-0.2, 0) is 17.7 Å². The zero-order valence-corrected chi connectivity index (χ0v) is 13.5. The summed E-state index contributed by atoms with van der Waals surface area (Å²) in [5, 5.41) is 3.46. The van der Waals surface area contributed by atoms with Gasteiger partial charge in [0.25, 0.3) is 0 Å². The fourth-order valence-electron chi connectivity index (χ4n) is 3.86. The first-order chi connectivity index (χ1) is 10.3. The highest BCUT2D eigenvalue weighted by Crippen LogP contribution is 2.35. The van der Waals surface area contributed by atoms with E-state index in [0.717, 1.165) is 32.7 Å². The van der Waals surface area contributed by atoms with Crippen LogP contribution in [0.5, 0.6) is 0 Å². The SMILES string of the molecule is CCOCC(C)n1c(C2CCCCC2)nc2c1CCNC2. The van der Waals surface area contributed by atoms with Crippen LogP contribution in [0.4, 0.5) is 0 Å². The third-order valence-corrected chi connectivity index (χ3v) is 4.93. The summed E-state index contributed by atoms with van der Waals surface area (Å²) < 4.78 is 8.22. The molecule has 0 radical (unpaired) electrons. The summed E-state index contributed by atoms with van der Waals surface area (Å²) >= 11 is 0. The topological polar surface area (TPSA) is 39.1 Å². The summed E-state index contributed by atoms with van der Waals surface area (Å²) in [6.45, 7) is 7.95. The second kappa shape index (κ2) is 6.93. The summed E-state index contributed by atoms with van der Waals surface area (Å²) in [6.07, 6.45) is 7.84. The van der Waals surface area contributed by atoms with E-state index in [9.17, 15) is 0 Å². The first kappa shape index (κ1) is 15.0. The highest BCUT2D eigenvalue weighted by atomic mass is 16.5. The highest BCUT2D eigenvalue weighted by molar-refractivity contribution is 5.23. The molecule has 1 saturated carbocycles. The van der Waals surface area contributed by atoms with Crippen LogP contribution in [0.3, 0.4) is 0 Å². The zero-order chi connectivity index (χ0) is 14.7. The molecule has 1 fully saturated rings. The smallest absolute Gasteiger partial charge is 0.112 e. The van der Waals surface area contributed by atoms with Gasteiger partial charge in [-0.15, -0.1) is 0 Å². The Morgan fingerprint density at radius 1 is 1.33 bits per heavy atom. The van der Waals surface area contributed by atoms with Gasteiger partial charge in [0.2, 0.25) is 0 Å². The van der Waals surface area contributed by atoms with Crippen LogP contribution in [0, 0.1) is 0 Å². The molecule has 21 heavy (non-hydrogen) atoms. The van der Waals surface area contributed by atoms with Crippen molar-refractivity contribution >= 4 is 0 Å². The maximum Gasteiger partial charge on any atom is 0.112 e. The molecule has 2 aliphatic rings. The molecule has 1 aliphatic heterocycles. The Hall–Kier alpha value is -0.870. The fourth-order valence-corrected chi connectivity index (χ4v) is 3.86. The van der Waals surface area contributed by atoms with E-state index in [-0.39, 0.29) is 0 Å². The van der Waals surface area contributed by atoms with Gasteiger partial charge in [0, 0.05) is 37.7 Å². The Labute approximate surface area is 128 Å².